The molecule has 0 aliphatic heterocycles. The van der Waals surface area contributed by atoms with Crippen LogP contribution in [0.2, 0.25) is 0 Å². The molecule has 0 saturated heterocycles. The number of aryl methyl sites for hydroxylation is 1. The number of fused-ring (bicyclic) bond motifs is 1. The quantitative estimate of drug-likeness (QED) is 0.899. The van der Waals surface area contributed by atoms with Crippen LogP contribution in [0.15, 0.2) is 18.2 Å². The van der Waals surface area contributed by atoms with Crippen molar-refractivity contribution in [2.24, 2.45) is 12.8 Å². The Kier molecular flexibility index (Phi) is 3.41. The van der Waals surface area contributed by atoms with E-state index in [1.165, 1.54) is 0 Å². The van der Waals surface area contributed by atoms with Crippen molar-refractivity contribution in [3.63, 3.8) is 0 Å². The molecule has 1 aromatic heterocycles. The van der Waals surface area contributed by atoms with Crippen LogP contribution in [0.1, 0.15) is 25.2 Å². The van der Waals surface area contributed by atoms with Crippen molar-refractivity contribution in [3.8, 4) is 0 Å². The molecule has 98 valence electrons. The van der Waals surface area contributed by atoms with Crippen LogP contribution < -0.4 is 5.73 Å². The number of rotatable bonds is 4. The minimum absolute atomic E-state index is 0.203. The standard InChI is InChI=1S/C14H21N3O/c1-14(2,18-4)8-13-16-11-6-5-10(9-15)7-12(11)17(13)3/h5-7H,8-9,15H2,1-4H3. The summed E-state index contributed by atoms with van der Waals surface area (Å²) in [7, 11) is 3.77. The first-order valence-corrected chi connectivity index (χ1v) is 6.16. The van der Waals surface area contributed by atoms with Gasteiger partial charge in [-0.15, -0.1) is 0 Å². The van der Waals surface area contributed by atoms with Gasteiger partial charge in [-0.1, -0.05) is 6.07 Å². The fourth-order valence-electron chi connectivity index (χ4n) is 2.02. The lowest BCUT2D eigenvalue weighted by molar-refractivity contribution is 0.0211. The molecule has 0 amide bonds. The predicted molar refractivity (Wildman–Crippen MR) is 73.4 cm³/mol. The zero-order valence-electron chi connectivity index (χ0n) is 11.5. The Morgan fingerprint density at radius 3 is 2.72 bits per heavy atom. The normalized spacial score (nSPS) is 12.3. The lowest BCUT2D eigenvalue weighted by Gasteiger charge is -2.22. The Morgan fingerprint density at radius 1 is 1.39 bits per heavy atom. The number of imidazole rings is 1. The molecular formula is C14H21N3O. The maximum absolute atomic E-state index is 5.67. The van der Waals surface area contributed by atoms with Gasteiger partial charge in [-0.2, -0.15) is 0 Å². The smallest absolute Gasteiger partial charge is 0.112 e. The average molecular weight is 247 g/mol. The van der Waals surface area contributed by atoms with Crippen molar-refractivity contribution in [1.82, 2.24) is 9.55 Å². The molecule has 0 spiro atoms. The lowest BCUT2D eigenvalue weighted by atomic mass is 10.1. The second-order valence-electron chi connectivity index (χ2n) is 5.25. The van der Waals surface area contributed by atoms with Gasteiger partial charge in [-0.25, -0.2) is 4.98 Å². The summed E-state index contributed by atoms with van der Waals surface area (Å²) >= 11 is 0. The van der Waals surface area contributed by atoms with E-state index in [1.54, 1.807) is 7.11 Å². The maximum atomic E-state index is 5.67. The van der Waals surface area contributed by atoms with E-state index in [9.17, 15) is 0 Å². The molecule has 4 nitrogen and oxygen atoms in total. The summed E-state index contributed by atoms with van der Waals surface area (Å²) in [5.74, 6) is 1.03. The van der Waals surface area contributed by atoms with Crippen LogP contribution in [0, 0.1) is 0 Å². The van der Waals surface area contributed by atoms with Gasteiger partial charge in [-0.3, -0.25) is 0 Å². The third kappa shape index (κ3) is 2.40. The van der Waals surface area contributed by atoms with Crippen molar-refractivity contribution in [2.75, 3.05) is 7.11 Å². The van der Waals surface area contributed by atoms with Gasteiger partial charge >= 0.3 is 0 Å². The number of ether oxygens (including phenoxy) is 1. The largest absolute Gasteiger partial charge is 0.378 e. The monoisotopic (exact) mass is 247 g/mol. The highest BCUT2D eigenvalue weighted by Crippen LogP contribution is 2.21. The lowest BCUT2D eigenvalue weighted by Crippen LogP contribution is -2.27. The summed E-state index contributed by atoms with van der Waals surface area (Å²) in [6.45, 7) is 4.69. The maximum Gasteiger partial charge on any atom is 0.112 e. The summed E-state index contributed by atoms with van der Waals surface area (Å²) in [4.78, 5) is 4.66. The summed E-state index contributed by atoms with van der Waals surface area (Å²) in [6, 6.07) is 6.16. The van der Waals surface area contributed by atoms with Crippen LogP contribution in [0.3, 0.4) is 0 Å². The topological polar surface area (TPSA) is 53.1 Å². The van der Waals surface area contributed by atoms with Crippen LogP contribution in [0.25, 0.3) is 11.0 Å². The molecule has 1 aromatic carbocycles. The fourth-order valence-corrected chi connectivity index (χ4v) is 2.02. The molecule has 18 heavy (non-hydrogen) atoms. The third-order valence-corrected chi connectivity index (χ3v) is 3.41. The molecule has 2 N–H and O–H groups in total. The summed E-state index contributed by atoms with van der Waals surface area (Å²) in [6.07, 6.45) is 0.784. The molecule has 0 aliphatic rings. The first-order chi connectivity index (χ1) is 8.46. The van der Waals surface area contributed by atoms with Gasteiger partial charge in [0.15, 0.2) is 0 Å². The second-order valence-corrected chi connectivity index (χ2v) is 5.25. The Hall–Kier alpha value is -1.39. The molecule has 0 atom stereocenters. The van der Waals surface area contributed by atoms with Gasteiger partial charge in [0.05, 0.1) is 16.6 Å². The fraction of sp³-hybridized carbons (Fsp3) is 0.500. The van der Waals surface area contributed by atoms with Crippen LogP contribution in [-0.2, 0) is 24.8 Å². The van der Waals surface area contributed by atoms with E-state index >= 15 is 0 Å². The predicted octanol–water partition coefficient (Wildman–Crippen LogP) is 2.00. The van der Waals surface area contributed by atoms with Gasteiger partial charge in [0.25, 0.3) is 0 Å². The minimum Gasteiger partial charge on any atom is -0.378 e. The highest BCUT2D eigenvalue weighted by Gasteiger charge is 2.21. The number of hydrogen-bond donors (Lipinski definition) is 1. The Bertz CT molecular complexity index is 557. The van der Waals surface area contributed by atoms with Gasteiger partial charge in [0, 0.05) is 27.1 Å². The molecule has 0 saturated carbocycles. The van der Waals surface area contributed by atoms with Gasteiger partial charge in [-0.05, 0) is 31.5 Å². The molecule has 0 bridgehead atoms. The van der Waals surface area contributed by atoms with Crippen molar-refractivity contribution >= 4 is 11.0 Å². The number of aromatic nitrogens is 2. The van der Waals surface area contributed by atoms with Crippen molar-refractivity contribution in [1.29, 1.82) is 0 Å². The highest BCUT2D eigenvalue weighted by molar-refractivity contribution is 5.76. The Labute approximate surface area is 108 Å². The second kappa shape index (κ2) is 4.71. The van der Waals surface area contributed by atoms with E-state index < -0.39 is 0 Å². The van der Waals surface area contributed by atoms with E-state index in [1.807, 2.05) is 19.2 Å². The minimum atomic E-state index is -0.203. The van der Waals surface area contributed by atoms with Gasteiger partial charge < -0.3 is 15.0 Å². The Balaban J connectivity index is 2.44. The number of methoxy groups -OCH3 is 1. The molecule has 4 heteroatoms. The zero-order valence-corrected chi connectivity index (χ0v) is 11.5. The van der Waals surface area contributed by atoms with Crippen molar-refractivity contribution in [2.45, 2.75) is 32.4 Å². The Morgan fingerprint density at radius 2 is 2.11 bits per heavy atom. The molecule has 0 aliphatic carbocycles. The first kappa shape index (κ1) is 13.1. The van der Waals surface area contributed by atoms with Gasteiger partial charge in [0.1, 0.15) is 5.82 Å². The van der Waals surface area contributed by atoms with E-state index in [4.69, 9.17) is 10.5 Å². The number of benzene rings is 1. The molecule has 0 radical (unpaired) electrons. The first-order valence-electron chi connectivity index (χ1n) is 6.16. The van der Waals surface area contributed by atoms with Crippen molar-refractivity contribution in [3.05, 3.63) is 29.6 Å². The molecular weight excluding hydrogens is 226 g/mol. The van der Waals surface area contributed by atoms with Crippen LogP contribution in [-0.4, -0.2) is 22.3 Å². The molecule has 0 unspecified atom stereocenters. The highest BCUT2D eigenvalue weighted by atomic mass is 16.5. The SMILES string of the molecule is COC(C)(C)Cc1nc2ccc(CN)cc2n1C. The third-order valence-electron chi connectivity index (χ3n) is 3.41. The molecule has 0 fully saturated rings. The average Bonchev–Trinajstić information content (AvgIpc) is 2.65. The van der Waals surface area contributed by atoms with E-state index in [2.05, 4.69) is 29.5 Å². The van der Waals surface area contributed by atoms with Crippen molar-refractivity contribution < 1.29 is 4.74 Å². The number of nitrogens with two attached hydrogens (primary N) is 1. The van der Waals surface area contributed by atoms with Crippen LogP contribution >= 0.6 is 0 Å². The van der Waals surface area contributed by atoms with E-state index in [0.29, 0.717) is 6.54 Å². The summed E-state index contributed by atoms with van der Waals surface area (Å²) in [5, 5.41) is 0. The number of hydrogen-bond acceptors (Lipinski definition) is 3. The zero-order chi connectivity index (χ0) is 13.3. The van der Waals surface area contributed by atoms with Crippen LogP contribution in [0.4, 0.5) is 0 Å². The summed E-state index contributed by atoms with van der Waals surface area (Å²) in [5.41, 5.74) is 8.73. The molecule has 2 aromatic rings. The van der Waals surface area contributed by atoms with Gasteiger partial charge in [0.2, 0.25) is 0 Å². The molecule has 1 heterocycles. The number of nitrogens with zero attached hydrogens (tertiary/aromatic N) is 2. The van der Waals surface area contributed by atoms with E-state index in [-0.39, 0.29) is 5.60 Å². The van der Waals surface area contributed by atoms with Crippen LogP contribution in [0.5, 0.6) is 0 Å². The van der Waals surface area contributed by atoms with E-state index in [0.717, 1.165) is 28.8 Å². The molecule has 2 rings (SSSR count). The summed E-state index contributed by atoms with van der Waals surface area (Å²) < 4.78 is 7.58.